The van der Waals surface area contributed by atoms with Crippen LogP contribution in [0.1, 0.15) is 37.3 Å². The number of hydrogen-bond donors (Lipinski definition) is 1. The van der Waals surface area contributed by atoms with Crippen LogP contribution in [0.2, 0.25) is 0 Å². The number of amides is 1. The van der Waals surface area contributed by atoms with Crippen LogP contribution < -0.4 is 10.1 Å². The highest BCUT2D eigenvalue weighted by Gasteiger charge is 2.16. The van der Waals surface area contributed by atoms with Crippen LogP contribution in [0.3, 0.4) is 0 Å². The minimum atomic E-state index is -0.648. The molecular formula is C22H27FN2O2. The summed E-state index contributed by atoms with van der Waals surface area (Å²) in [5, 5.41) is 2.95. The van der Waals surface area contributed by atoms with E-state index in [0.717, 1.165) is 25.2 Å². The summed E-state index contributed by atoms with van der Waals surface area (Å²) in [5.41, 5.74) is 2.39. The van der Waals surface area contributed by atoms with E-state index < -0.39 is 6.10 Å². The normalized spacial score (nSPS) is 15.9. The molecule has 0 radical (unpaired) electrons. The Morgan fingerprint density at radius 1 is 1.07 bits per heavy atom. The molecule has 1 heterocycles. The minimum Gasteiger partial charge on any atom is -0.481 e. The first-order chi connectivity index (χ1) is 13.1. The summed E-state index contributed by atoms with van der Waals surface area (Å²) in [6.07, 6.45) is 3.19. The minimum absolute atomic E-state index is 0.188. The van der Waals surface area contributed by atoms with Gasteiger partial charge < -0.3 is 10.1 Å². The third kappa shape index (κ3) is 5.79. The molecule has 1 fully saturated rings. The zero-order valence-electron chi connectivity index (χ0n) is 15.8. The summed E-state index contributed by atoms with van der Waals surface area (Å²) in [5.74, 6) is -0.0404. The van der Waals surface area contributed by atoms with E-state index in [1.807, 2.05) is 12.1 Å². The topological polar surface area (TPSA) is 41.6 Å². The van der Waals surface area contributed by atoms with E-state index in [-0.39, 0.29) is 11.7 Å². The molecule has 1 saturated heterocycles. The molecule has 144 valence electrons. The molecule has 27 heavy (non-hydrogen) atoms. The Bertz CT molecular complexity index is 742. The van der Waals surface area contributed by atoms with Gasteiger partial charge in [0, 0.05) is 13.1 Å². The van der Waals surface area contributed by atoms with E-state index in [1.165, 1.54) is 49.1 Å². The average Bonchev–Trinajstić information content (AvgIpc) is 2.69. The molecule has 0 spiro atoms. The molecule has 2 aromatic carbocycles. The number of halogens is 1. The predicted octanol–water partition coefficient (Wildman–Crippen LogP) is 3.90. The van der Waals surface area contributed by atoms with Gasteiger partial charge in [0.05, 0.1) is 0 Å². The largest absolute Gasteiger partial charge is 0.481 e. The van der Waals surface area contributed by atoms with Crippen molar-refractivity contribution in [1.29, 1.82) is 0 Å². The highest BCUT2D eigenvalue weighted by Crippen LogP contribution is 2.17. The SMILES string of the molecule is CC(Oc1ccc(F)cc1)C(=O)NCc1ccccc1CN1CCCCC1. The van der Waals surface area contributed by atoms with Gasteiger partial charge in [-0.3, -0.25) is 9.69 Å². The molecule has 0 aromatic heterocycles. The number of ether oxygens (including phenoxy) is 1. The lowest BCUT2D eigenvalue weighted by Crippen LogP contribution is -2.36. The predicted molar refractivity (Wildman–Crippen MR) is 104 cm³/mol. The molecular weight excluding hydrogens is 343 g/mol. The van der Waals surface area contributed by atoms with Crippen LogP contribution in [-0.2, 0) is 17.9 Å². The van der Waals surface area contributed by atoms with E-state index in [0.29, 0.717) is 12.3 Å². The van der Waals surface area contributed by atoms with Crippen LogP contribution in [0.25, 0.3) is 0 Å². The Labute approximate surface area is 160 Å². The lowest BCUT2D eigenvalue weighted by Gasteiger charge is -2.27. The van der Waals surface area contributed by atoms with Gasteiger partial charge in [0.2, 0.25) is 0 Å². The molecule has 1 unspecified atom stereocenters. The van der Waals surface area contributed by atoms with E-state index in [4.69, 9.17) is 4.74 Å². The van der Waals surface area contributed by atoms with Gasteiger partial charge in [0.1, 0.15) is 11.6 Å². The van der Waals surface area contributed by atoms with Crippen molar-refractivity contribution in [3.8, 4) is 5.75 Å². The molecule has 5 heteroatoms. The fourth-order valence-corrected chi connectivity index (χ4v) is 3.34. The zero-order chi connectivity index (χ0) is 19.1. The van der Waals surface area contributed by atoms with Gasteiger partial charge in [-0.2, -0.15) is 0 Å². The lowest BCUT2D eigenvalue weighted by molar-refractivity contribution is -0.127. The van der Waals surface area contributed by atoms with Crippen molar-refractivity contribution in [3.05, 3.63) is 65.5 Å². The molecule has 3 rings (SSSR count). The second-order valence-corrected chi connectivity index (χ2v) is 7.04. The number of nitrogens with zero attached hydrogens (tertiary/aromatic N) is 1. The number of likely N-dealkylation sites (tertiary alicyclic amines) is 1. The summed E-state index contributed by atoms with van der Waals surface area (Å²) in [6.45, 7) is 5.37. The highest BCUT2D eigenvalue weighted by atomic mass is 19.1. The van der Waals surface area contributed by atoms with Crippen LogP contribution >= 0.6 is 0 Å². The standard InChI is InChI=1S/C22H27FN2O2/c1-17(27-21-11-9-20(23)10-12-21)22(26)24-15-18-7-3-4-8-19(18)16-25-13-5-2-6-14-25/h3-4,7-12,17H,2,5-6,13-16H2,1H3,(H,24,26). The Kier molecular flexibility index (Phi) is 6.82. The van der Waals surface area contributed by atoms with Gasteiger partial charge >= 0.3 is 0 Å². The molecule has 4 nitrogen and oxygen atoms in total. The van der Waals surface area contributed by atoms with Crippen molar-refractivity contribution in [2.45, 2.75) is 45.4 Å². The second kappa shape index (κ2) is 9.51. The van der Waals surface area contributed by atoms with E-state index in [2.05, 4.69) is 22.3 Å². The Hall–Kier alpha value is -2.40. The number of benzene rings is 2. The van der Waals surface area contributed by atoms with Crippen molar-refractivity contribution in [2.24, 2.45) is 0 Å². The maximum absolute atomic E-state index is 13.0. The quantitative estimate of drug-likeness (QED) is 0.804. The van der Waals surface area contributed by atoms with Crippen molar-refractivity contribution in [2.75, 3.05) is 13.1 Å². The molecule has 1 aliphatic heterocycles. The molecule has 0 bridgehead atoms. The fraction of sp³-hybridized carbons (Fsp3) is 0.409. The number of nitrogens with one attached hydrogen (secondary N) is 1. The summed E-state index contributed by atoms with van der Waals surface area (Å²) in [6, 6.07) is 13.9. The van der Waals surface area contributed by atoms with Gasteiger partial charge in [-0.15, -0.1) is 0 Å². The summed E-state index contributed by atoms with van der Waals surface area (Å²) in [7, 11) is 0. The Balaban J connectivity index is 1.54. The average molecular weight is 370 g/mol. The summed E-state index contributed by atoms with van der Waals surface area (Å²) < 4.78 is 18.5. The number of hydrogen-bond acceptors (Lipinski definition) is 3. The third-order valence-electron chi connectivity index (χ3n) is 4.91. The molecule has 0 aliphatic carbocycles. The van der Waals surface area contributed by atoms with Crippen molar-refractivity contribution in [1.82, 2.24) is 10.2 Å². The maximum atomic E-state index is 13.0. The van der Waals surface area contributed by atoms with Crippen LogP contribution in [0.15, 0.2) is 48.5 Å². The van der Waals surface area contributed by atoms with Crippen LogP contribution in [0.4, 0.5) is 4.39 Å². The second-order valence-electron chi connectivity index (χ2n) is 7.04. The van der Waals surface area contributed by atoms with Crippen molar-refractivity contribution < 1.29 is 13.9 Å². The molecule has 1 N–H and O–H groups in total. The van der Waals surface area contributed by atoms with Gasteiger partial charge in [-0.25, -0.2) is 4.39 Å². The Morgan fingerprint density at radius 2 is 1.74 bits per heavy atom. The maximum Gasteiger partial charge on any atom is 0.261 e. The fourth-order valence-electron chi connectivity index (χ4n) is 3.34. The summed E-state index contributed by atoms with van der Waals surface area (Å²) >= 11 is 0. The molecule has 1 aliphatic rings. The highest BCUT2D eigenvalue weighted by molar-refractivity contribution is 5.80. The van der Waals surface area contributed by atoms with Gasteiger partial charge in [-0.1, -0.05) is 30.7 Å². The summed E-state index contributed by atoms with van der Waals surface area (Å²) in [4.78, 5) is 14.8. The first-order valence-corrected chi connectivity index (χ1v) is 9.61. The van der Waals surface area contributed by atoms with Gasteiger partial charge in [0.15, 0.2) is 6.10 Å². The molecule has 2 aromatic rings. The van der Waals surface area contributed by atoms with E-state index >= 15 is 0 Å². The van der Waals surface area contributed by atoms with Gasteiger partial charge in [-0.05, 0) is 68.2 Å². The van der Waals surface area contributed by atoms with E-state index in [1.54, 1.807) is 6.92 Å². The molecule has 1 atom stereocenters. The molecule has 1 amide bonds. The smallest absolute Gasteiger partial charge is 0.261 e. The lowest BCUT2D eigenvalue weighted by atomic mass is 10.0. The Morgan fingerprint density at radius 3 is 2.44 bits per heavy atom. The van der Waals surface area contributed by atoms with Crippen LogP contribution in [0, 0.1) is 5.82 Å². The first kappa shape index (κ1) is 19.4. The number of rotatable bonds is 7. The van der Waals surface area contributed by atoms with Crippen LogP contribution in [-0.4, -0.2) is 30.0 Å². The van der Waals surface area contributed by atoms with Crippen molar-refractivity contribution >= 4 is 5.91 Å². The van der Waals surface area contributed by atoms with Crippen LogP contribution in [0.5, 0.6) is 5.75 Å². The number of piperidine rings is 1. The van der Waals surface area contributed by atoms with E-state index in [9.17, 15) is 9.18 Å². The molecule has 0 saturated carbocycles. The third-order valence-corrected chi connectivity index (χ3v) is 4.91. The number of carbonyl (C=O) groups is 1. The zero-order valence-corrected chi connectivity index (χ0v) is 15.8. The first-order valence-electron chi connectivity index (χ1n) is 9.61. The monoisotopic (exact) mass is 370 g/mol. The van der Waals surface area contributed by atoms with Crippen molar-refractivity contribution in [3.63, 3.8) is 0 Å². The van der Waals surface area contributed by atoms with Gasteiger partial charge in [0.25, 0.3) is 5.91 Å². The number of carbonyl (C=O) groups excluding carboxylic acids is 1.